The van der Waals surface area contributed by atoms with E-state index >= 15 is 0 Å². The maximum Gasteiger partial charge on any atom is 0.123 e. The number of rotatable bonds is 3. The summed E-state index contributed by atoms with van der Waals surface area (Å²) in [5, 5.41) is 9.37. The maximum absolute atomic E-state index is 9.86. The molecule has 0 aliphatic rings. The monoisotopic (exact) mass is 142 g/mol. The Morgan fingerprint density at radius 2 is 2.20 bits per heavy atom. The van der Waals surface area contributed by atoms with Crippen LogP contribution in [-0.2, 0) is 4.79 Å². The summed E-state index contributed by atoms with van der Waals surface area (Å²) < 4.78 is 0. The molecule has 0 aliphatic heterocycles. The molecule has 1 atom stereocenters. The summed E-state index contributed by atoms with van der Waals surface area (Å²) in [6.45, 7) is 5.60. The zero-order chi connectivity index (χ0) is 8.20. The van der Waals surface area contributed by atoms with Crippen LogP contribution in [0.2, 0.25) is 0 Å². The van der Waals surface area contributed by atoms with Gasteiger partial charge in [0.15, 0.2) is 0 Å². The van der Waals surface area contributed by atoms with Gasteiger partial charge in [-0.05, 0) is 19.3 Å². The lowest BCUT2D eigenvalue weighted by atomic mass is 9.95. The van der Waals surface area contributed by atoms with Crippen molar-refractivity contribution in [1.82, 2.24) is 0 Å². The third-order valence-corrected chi connectivity index (χ3v) is 1.19. The molecule has 0 spiro atoms. The van der Waals surface area contributed by atoms with Crippen molar-refractivity contribution >= 4 is 5.94 Å². The Labute approximate surface area is 61.6 Å². The number of hydrogen-bond donors (Lipinski definition) is 1. The van der Waals surface area contributed by atoms with Crippen LogP contribution in [0.25, 0.3) is 0 Å². The topological polar surface area (TPSA) is 37.3 Å². The van der Waals surface area contributed by atoms with Crippen LogP contribution in [0.4, 0.5) is 0 Å². The van der Waals surface area contributed by atoms with E-state index in [2.05, 4.69) is 0 Å². The molecular formula is C8H14O2. The summed E-state index contributed by atoms with van der Waals surface area (Å²) in [6.07, 6.45) is 1.76. The SMILES string of the molecule is CC(C)CC(C)(O)C=C=O. The van der Waals surface area contributed by atoms with Gasteiger partial charge in [-0.2, -0.15) is 0 Å². The molecular weight excluding hydrogens is 128 g/mol. The van der Waals surface area contributed by atoms with Gasteiger partial charge in [0.1, 0.15) is 5.94 Å². The highest BCUT2D eigenvalue weighted by atomic mass is 16.3. The molecule has 0 aliphatic carbocycles. The standard InChI is InChI=1S/C8H14O2/c1-7(2)6-8(3,10)4-5-9/h4,7,10H,6H2,1-3H3. The molecule has 0 amide bonds. The predicted octanol–water partition coefficient (Wildman–Crippen LogP) is 1.17. The van der Waals surface area contributed by atoms with E-state index in [4.69, 9.17) is 0 Å². The van der Waals surface area contributed by atoms with Crippen molar-refractivity contribution in [3.05, 3.63) is 6.08 Å². The molecule has 0 rings (SSSR count). The van der Waals surface area contributed by atoms with Crippen molar-refractivity contribution in [1.29, 1.82) is 0 Å². The second-order valence-electron chi connectivity index (χ2n) is 3.22. The first kappa shape index (κ1) is 9.41. The Morgan fingerprint density at radius 1 is 1.70 bits per heavy atom. The molecule has 1 N–H and O–H groups in total. The van der Waals surface area contributed by atoms with Crippen molar-refractivity contribution in [2.24, 2.45) is 5.92 Å². The van der Waals surface area contributed by atoms with E-state index in [9.17, 15) is 9.90 Å². The van der Waals surface area contributed by atoms with Crippen LogP contribution in [-0.4, -0.2) is 16.6 Å². The zero-order valence-electron chi connectivity index (χ0n) is 6.72. The highest BCUT2D eigenvalue weighted by Crippen LogP contribution is 2.15. The largest absolute Gasteiger partial charge is 0.385 e. The summed E-state index contributed by atoms with van der Waals surface area (Å²) in [6, 6.07) is 0. The first-order chi connectivity index (χ1) is 4.48. The average Bonchev–Trinajstić information content (AvgIpc) is 1.59. The molecule has 10 heavy (non-hydrogen) atoms. The van der Waals surface area contributed by atoms with Crippen molar-refractivity contribution < 1.29 is 9.90 Å². The van der Waals surface area contributed by atoms with E-state index in [0.717, 1.165) is 6.08 Å². The molecule has 0 aromatic carbocycles. The van der Waals surface area contributed by atoms with Crippen molar-refractivity contribution in [3.63, 3.8) is 0 Å². The molecule has 2 heteroatoms. The quantitative estimate of drug-likeness (QED) is 0.600. The van der Waals surface area contributed by atoms with Gasteiger partial charge in [-0.25, -0.2) is 4.79 Å². The van der Waals surface area contributed by atoms with Crippen LogP contribution in [0.3, 0.4) is 0 Å². The molecule has 2 nitrogen and oxygen atoms in total. The van der Waals surface area contributed by atoms with Gasteiger partial charge in [0, 0.05) is 6.08 Å². The van der Waals surface area contributed by atoms with Gasteiger partial charge in [-0.15, -0.1) is 0 Å². The number of carbonyl (C=O) groups excluding carboxylic acids is 1. The Morgan fingerprint density at radius 3 is 2.50 bits per heavy atom. The van der Waals surface area contributed by atoms with Gasteiger partial charge in [0.25, 0.3) is 0 Å². The van der Waals surface area contributed by atoms with Crippen LogP contribution in [0, 0.1) is 5.92 Å². The third-order valence-electron chi connectivity index (χ3n) is 1.19. The maximum atomic E-state index is 9.86. The lowest BCUT2D eigenvalue weighted by molar-refractivity contribution is 0.0887. The van der Waals surface area contributed by atoms with E-state index in [1.807, 2.05) is 13.8 Å². The second-order valence-corrected chi connectivity index (χ2v) is 3.22. The Bertz CT molecular complexity index is 141. The molecule has 0 heterocycles. The fourth-order valence-electron chi connectivity index (χ4n) is 1.01. The minimum Gasteiger partial charge on any atom is -0.385 e. The Balaban J connectivity index is 3.98. The Hall–Kier alpha value is -0.590. The lowest BCUT2D eigenvalue weighted by Gasteiger charge is -2.18. The van der Waals surface area contributed by atoms with Gasteiger partial charge in [-0.3, -0.25) is 0 Å². The predicted molar refractivity (Wildman–Crippen MR) is 40.3 cm³/mol. The summed E-state index contributed by atoms with van der Waals surface area (Å²) >= 11 is 0. The first-order valence-electron chi connectivity index (χ1n) is 3.42. The smallest absolute Gasteiger partial charge is 0.123 e. The normalized spacial score (nSPS) is 16.1. The summed E-state index contributed by atoms with van der Waals surface area (Å²) in [7, 11) is 0. The second kappa shape index (κ2) is 3.55. The van der Waals surface area contributed by atoms with E-state index in [0.29, 0.717) is 12.3 Å². The first-order valence-corrected chi connectivity index (χ1v) is 3.42. The fourth-order valence-corrected chi connectivity index (χ4v) is 1.01. The molecule has 0 saturated heterocycles. The Kier molecular flexibility index (Phi) is 3.34. The minimum absolute atomic E-state index is 0.389. The third kappa shape index (κ3) is 4.30. The van der Waals surface area contributed by atoms with Crippen LogP contribution in [0.5, 0.6) is 0 Å². The average molecular weight is 142 g/mol. The summed E-state index contributed by atoms with van der Waals surface area (Å²) in [5.41, 5.74) is -0.976. The highest BCUT2D eigenvalue weighted by Gasteiger charge is 2.17. The zero-order valence-corrected chi connectivity index (χ0v) is 6.72. The van der Waals surface area contributed by atoms with Gasteiger partial charge in [-0.1, -0.05) is 13.8 Å². The highest BCUT2D eigenvalue weighted by molar-refractivity contribution is 5.47. The molecule has 58 valence electrons. The van der Waals surface area contributed by atoms with Gasteiger partial charge in [0.2, 0.25) is 0 Å². The van der Waals surface area contributed by atoms with Crippen LogP contribution < -0.4 is 0 Å². The molecule has 0 radical (unpaired) electrons. The van der Waals surface area contributed by atoms with E-state index in [1.54, 1.807) is 12.9 Å². The molecule has 0 aromatic heterocycles. The molecule has 1 unspecified atom stereocenters. The van der Waals surface area contributed by atoms with E-state index in [1.165, 1.54) is 0 Å². The van der Waals surface area contributed by atoms with E-state index < -0.39 is 5.60 Å². The van der Waals surface area contributed by atoms with Crippen molar-refractivity contribution in [2.75, 3.05) is 0 Å². The molecule has 0 saturated carbocycles. The number of hydrogen-bond acceptors (Lipinski definition) is 2. The lowest BCUT2D eigenvalue weighted by Crippen LogP contribution is -2.23. The van der Waals surface area contributed by atoms with Gasteiger partial charge < -0.3 is 5.11 Å². The van der Waals surface area contributed by atoms with Crippen molar-refractivity contribution in [3.8, 4) is 0 Å². The van der Waals surface area contributed by atoms with Gasteiger partial charge in [0.05, 0.1) is 5.60 Å². The van der Waals surface area contributed by atoms with Crippen molar-refractivity contribution in [2.45, 2.75) is 32.8 Å². The summed E-state index contributed by atoms with van der Waals surface area (Å²) in [5.74, 6) is 1.98. The summed E-state index contributed by atoms with van der Waals surface area (Å²) in [4.78, 5) is 9.86. The van der Waals surface area contributed by atoms with E-state index in [-0.39, 0.29) is 0 Å². The molecule has 0 bridgehead atoms. The van der Waals surface area contributed by atoms with Gasteiger partial charge >= 0.3 is 0 Å². The minimum atomic E-state index is -0.976. The fraction of sp³-hybridized carbons (Fsp3) is 0.750. The molecule has 0 fully saturated rings. The van der Waals surface area contributed by atoms with Crippen LogP contribution >= 0.6 is 0 Å². The number of aliphatic hydroxyl groups is 1. The molecule has 0 aromatic rings. The van der Waals surface area contributed by atoms with Crippen LogP contribution in [0.15, 0.2) is 6.08 Å². The van der Waals surface area contributed by atoms with Crippen LogP contribution in [0.1, 0.15) is 27.2 Å².